The van der Waals surface area contributed by atoms with Crippen LogP contribution in [0.5, 0.6) is 0 Å². The number of pyridine rings is 1. The number of nitrogens with two attached hydrogens (primary N) is 1. The van der Waals surface area contributed by atoms with Gasteiger partial charge < -0.3 is 4.57 Å². The van der Waals surface area contributed by atoms with Crippen molar-refractivity contribution in [1.29, 1.82) is 0 Å². The zero-order valence-corrected chi connectivity index (χ0v) is 12.0. The number of hydrazine groups is 1. The fraction of sp³-hybridized carbons (Fsp3) is 0.0769. The van der Waals surface area contributed by atoms with Crippen molar-refractivity contribution in [3.63, 3.8) is 0 Å². The standard InChI is InChI=1S/C13H11N3O2S2/c14-15-12(17)11-2-1-8(20-11)7-16-5-3-10-9(13(16)18)4-6-19-10/h1-6H,7,14H2,(H,15,17). The lowest BCUT2D eigenvalue weighted by Gasteiger charge is -2.03. The Bertz CT molecular complexity index is 831. The highest BCUT2D eigenvalue weighted by Gasteiger charge is 2.09. The lowest BCUT2D eigenvalue weighted by molar-refractivity contribution is 0.0957. The molecule has 5 nitrogen and oxygen atoms in total. The van der Waals surface area contributed by atoms with Crippen LogP contribution in [0.25, 0.3) is 10.1 Å². The van der Waals surface area contributed by atoms with Crippen molar-refractivity contribution >= 4 is 38.7 Å². The van der Waals surface area contributed by atoms with E-state index in [-0.39, 0.29) is 11.5 Å². The van der Waals surface area contributed by atoms with Gasteiger partial charge in [-0.25, -0.2) is 5.84 Å². The molecule has 0 radical (unpaired) electrons. The second kappa shape index (κ2) is 5.20. The van der Waals surface area contributed by atoms with E-state index in [1.165, 1.54) is 11.3 Å². The lowest BCUT2D eigenvalue weighted by Crippen LogP contribution is -2.29. The van der Waals surface area contributed by atoms with Gasteiger partial charge in [-0.3, -0.25) is 15.0 Å². The summed E-state index contributed by atoms with van der Waals surface area (Å²) in [5, 5.41) is 2.64. The molecule has 3 aromatic rings. The van der Waals surface area contributed by atoms with Crippen LogP contribution >= 0.6 is 22.7 Å². The molecule has 0 unspecified atom stereocenters. The maximum atomic E-state index is 12.3. The number of nitrogen functional groups attached to an aromatic ring is 1. The number of nitrogens with zero attached hydrogens (tertiary/aromatic N) is 1. The highest BCUT2D eigenvalue weighted by molar-refractivity contribution is 7.17. The van der Waals surface area contributed by atoms with Crippen molar-refractivity contribution in [2.75, 3.05) is 0 Å². The molecule has 1 amide bonds. The maximum absolute atomic E-state index is 12.3. The number of rotatable bonds is 3. The first-order valence-corrected chi connectivity index (χ1v) is 7.55. The summed E-state index contributed by atoms with van der Waals surface area (Å²) in [7, 11) is 0. The Hall–Kier alpha value is -1.96. The van der Waals surface area contributed by atoms with E-state index in [1.807, 2.05) is 23.6 Å². The Morgan fingerprint density at radius 2 is 2.15 bits per heavy atom. The Kier molecular flexibility index (Phi) is 3.39. The summed E-state index contributed by atoms with van der Waals surface area (Å²) in [6.07, 6.45) is 1.78. The van der Waals surface area contributed by atoms with Gasteiger partial charge in [-0.2, -0.15) is 0 Å². The first-order valence-electron chi connectivity index (χ1n) is 5.85. The fourth-order valence-electron chi connectivity index (χ4n) is 1.96. The third-order valence-electron chi connectivity index (χ3n) is 2.94. The summed E-state index contributed by atoms with van der Waals surface area (Å²) in [5.74, 6) is 4.78. The van der Waals surface area contributed by atoms with Crippen molar-refractivity contribution in [1.82, 2.24) is 9.99 Å². The second-order valence-corrected chi connectivity index (χ2v) is 6.30. The molecule has 3 aromatic heterocycles. The van der Waals surface area contributed by atoms with E-state index in [1.54, 1.807) is 28.2 Å². The average molecular weight is 305 g/mol. The molecule has 0 atom stereocenters. The molecule has 0 spiro atoms. The number of carbonyl (C=O) groups is 1. The number of aromatic nitrogens is 1. The molecular weight excluding hydrogens is 294 g/mol. The van der Waals surface area contributed by atoms with E-state index in [9.17, 15) is 9.59 Å². The average Bonchev–Trinajstić information content (AvgIpc) is 3.10. The van der Waals surface area contributed by atoms with Crippen molar-refractivity contribution in [3.05, 3.63) is 56.0 Å². The van der Waals surface area contributed by atoms with E-state index >= 15 is 0 Å². The molecule has 0 saturated carbocycles. The Labute approximate surface area is 122 Å². The Balaban J connectivity index is 1.93. The summed E-state index contributed by atoms with van der Waals surface area (Å²) >= 11 is 2.88. The van der Waals surface area contributed by atoms with Crippen LogP contribution in [0.2, 0.25) is 0 Å². The van der Waals surface area contributed by atoms with Crippen LogP contribution in [-0.4, -0.2) is 10.5 Å². The minimum absolute atomic E-state index is 0.0121. The van der Waals surface area contributed by atoms with Crippen LogP contribution in [-0.2, 0) is 6.54 Å². The molecule has 20 heavy (non-hydrogen) atoms. The molecule has 0 bridgehead atoms. The second-order valence-electron chi connectivity index (χ2n) is 4.19. The van der Waals surface area contributed by atoms with Crippen LogP contribution in [0.15, 0.2) is 40.6 Å². The number of amides is 1. The first-order chi connectivity index (χ1) is 9.69. The molecule has 0 saturated heterocycles. The molecule has 7 heteroatoms. The minimum atomic E-state index is -0.318. The zero-order chi connectivity index (χ0) is 14.1. The van der Waals surface area contributed by atoms with Gasteiger partial charge in [-0.15, -0.1) is 22.7 Å². The SMILES string of the molecule is NNC(=O)c1ccc(Cn2ccc3sccc3c2=O)s1. The summed E-state index contributed by atoms with van der Waals surface area (Å²) in [6.45, 7) is 0.452. The van der Waals surface area contributed by atoms with Crippen molar-refractivity contribution < 1.29 is 4.79 Å². The number of hydrogen-bond acceptors (Lipinski definition) is 5. The molecule has 0 aliphatic rings. The fourth-order valence-corrected chi connectivity index (χ4v) is 3.64. The largest absolute Gasteiger partial charge is 0.310 e. The van der Waals surface area contributed by atoms with Gasteiger partial charge in [0.25, 0.3) is 11.5 Å². The predicted octanol–water partition coefficient (Wildman–Crippen LogP) is 1.78. The highest BCUT2D eigenvalue weighted by Crippen LogP contribution is 2.19. The molecule has 0 fully saturated rings. The van der Waals surface area contributed by atoms with Gasteiger partial charge in [0.15, 0.2) is 0 Å². The van der Waals surface area contributed by atoms with Crippen molar-refractivity contribution in [2.45, 2.75) is 6.54 Å². The Morgan fingerprint density at radius 3 is 2.95 bits per heavy atom. The highest BCUT2D eigenvalue weighted by atomic mass is 32.1. The summed E-state index contributed by atoms with van der Waals surface area (Å²) < 4.78 is 2.63. The van der Waals surface area contributed by atoms with Crippen LogP contribution in [0, 0.1) is 0 Å². The molecule has 3 rings (SSSR count). The molecular formula is C13H11N3O2S2. The van der Waals surface area contributed by atoms with E-state index < -0.39 is 0 Å². The van der Waals surface area contributed by atoms with E-state index in [2.05, 4.69) is 5.43 Å². The number of carbonyl (C=O) groups excluding carboxylic acids is 1. The number of nitrogens with one attached hydrogen (secondary N) is 1. The van der Waals surface area contributed by atoms with Gasteiger partial charge in [-0.05, 0) is 29.6 Å². The lowest BCUT2D eigenvalue weighted by atomic mass is 10.3. The van der Waals surface area contributed by atoms with Gasteiger partial charge >= 0.3 is 0 Å². The molecule has 102 valence electrons. The van der Waals surface area contributed by atoms with Gasteiger partial charge in [0.05, 0.1) is 16.8 Å². The monoisotopic (exact) mass is 305 g/mol. The van der Waals surface area contributed by atoms with E-state index in [4.69, 9.17) is 5.84 Å². The molecule has 3 N–H and O–H groups in total. The van der Waals surface area contributed by atoms with Crippen molar-refractivity contribution in [3.8, 4) is 0 Å². The van der Waals surface area contributed by atoms with Gasteiger partial charge in [0.2, 0.25) is 0 Å². The zero-order valence-electron chi connectivity index (χ0n) is 10.3. The molecule has 0 aliphatic heterocycles. The molecule has 0 aliphatic carbocycles. The van der Waals surface area contributed by atoms with E-state index in [0.29, 0.717) is 11.4 Å². The molecule has 3 heterocycles. The number of fused-ring (bicyclic) bond motifs is 1. The van der Waals surface area contributed by atoms with Crippen LogP contribution in [0.1, 0.15) is 14.5 Å². The smallest absolute Gasteiger partial charge is 0.275 e. The van der Waals surface area contributed by atoms with Crippen LogP contribution < -0.4 is 16.8 Å². The van der Waals surface area contributed by atoms with Gasteiger partial charge in [0.1, 0.15) is 0 Å². The van der Waals surface area contributed by atoms with Crippen LogP contribution in [0.3, 0.4) is 0 Å². The normalized spacial score (nSPS) is 10.8. The predicted molar refractivity (Wildman–Crippen MR) is 81.2 cm³/mol. The van der Waals surface area contributed by atoms with Gasteiger partial charge in [0, 0.05) is 15.8 Å². The van der Waals surface area contributed by atoms with Gasteiger partial charge in [-0.1, -0.05) is 0 Å². The van der Waals surface area contributed by atoms with Crippen LogP contribution in [0.4, 0.5) is 0 Å². The third kappa shape index (κ3) is 2.26. The topological polar surface area (TPSA) is 77.1 Å². The van der Waals surface area contributed by atoms with E-state index in [0.717, 1.165) is 15.0 Å². The number of thiophene rings is 2. The summed E-state index contributed by atoms with van der Waals surface area (Å²) in [5.41, 5.74) is 2.08. The minimum Gasteiger partial charge on any atom is -0.310 e. The summed E-state index contributed by atoms with van der Waals surface area (Å²) in [4.78, 5) is 25.1. The maximum Gasteiger partial charge on any atom is 0.275 e. The quantitative estimate of drug-likeness (QED) is 0.440. The third-order valence-corrected chi connectivity index (χ3v) is 4.89. The van der Waals surface area contributed by atoms with Crippen molar-refractivity contribution in [2.24, 2.45) is 5.84 Å². The number of hydrogen-bond donors (Lipinski definition) is 2. The Morgan fingerprint density at radius 1 is 1.30 bits per heavy atom. The summed E-state index contributed by atoms with van der Waals surface area (Å²) in [6, 6.07) is 7.30. The first kappa shape index (κ1) is 13.0. The molecule has 0 aromatic carbocycles.